The number of carbonyl (C=O) groups excluding carboxylic acids is 2. The van der Waals surface area contributed by atoms with Crippen molar-refractivity contribution >= 4 is 22.3 Å². The number of fused-ring (bicyclic) bond motifs is 3. The summed E-state index contributed by atoms with van der Waals surface area (Å²) < 4.78 is 0. The van der Waals surface area contributed by atoms with Gasteiger partial charge in [-0.15, -0.1) is 0 Å². The van der Waals surface area contributed by atoms with Gasteiger partial charge in [-0.1, -0.05) is 30.3 Å². The molecule has 0 amide bonds. The molecule has 4 heteroatoms. The molecule has 90 valence electrons. The van der Waals surface area contributed by atoms with Crippen molar-refractivity contribution in [1.29, 1.82) is 0 Å². The standard InChI is InChI=1S/C14H10O4/c15-11-9-6-5-7-3-1-2-4-8(7)10(9)12(16)14(18)13(11)17/h1-6,13-14,17-18H/t13-,14+/m0/s1. The maximum absolute atomic E-state index is 12.0. The van der Waals surface area contributed by atoms with E-state index in [1.807, 2.05) is 12.1 Å². The van der Waals surface area contributed by atoms with Gasteiger partial charge in [0, 0.05) is 11.1 Å². The van der Waals surface area contributed by atoms with E-state index in [0.717, 1.165) is 5.39 Å². The number of Topliss-reactive ketones (excluding diaryl/α,β-unsaturated/α-hetero) is 2. The van der Waals surface area contributed by atoms with Gasteiger partial charge in [0.2, 0.25) is 0 Å². The van der Waals surface area contributed by atoms with E-state index in [1.165, 1.54) is 6.07 Å². The van der Waals surface area contributed by atoms with Gasteiger partial charge in [0.25, 0.3) is 0 Å². The Morgan fingerprint density at radius 3 is 2.28 bits per heavy atom. The predicted molar refractivity (Wildman–Crippen MR) is 64.6 cm³/mol. The molecule has 3 rings (SSSR count). The molecular formula is C14H10O4. The third kappa shape index (κ3) is 1.33. The number of aliphatic hydroxyl groups is 2. The van der Waals surface area contributed by atoms with Gasteiger partial charge >= 0.3 is 0 Å². The minimum atomic E-state index is -1.67. The fraction of sp³-hybridized carbons (Fsp3) is 0.143. The summed E-state index contributed by atoms with van der Waals surface area (Å²) in [4.78, 5) is 23.9. The quantitative estimate of drug-likeness (QED) is 0.721. The van der Waals surface area contributed by atoms with Crippen LogP contribution in [0.2, 0.25) is 0 Å². The number of ketones is 2. The van der Waals surface area contributed by atoms with Gasteiger partial charge in [-0.3, -0.25) is 9.59 Å². The summed E-state index contributed by atoms with van der Waals surface area (Å²) >= 11 is 0. The molecular weight excluding hydrogens is 232 g/mol. The average Bonchev–Trinajstić information content (AvgIpc) is 2.41. The zero-order valence-electron chi connectivity index (χ0n) is 9.33. The zero-order chi connectivity index (χ0) is 12.9. The molecule has 0 radical (unpaired) electrons. The lowest BCUT2D eigenvalue weighted by Crippen LogP contribution is -2.45. The molecule has 1 aliphatic rings. The molecule has 18 heavy (non-hydrogen) atoms. The van der Waals surface area contributed by atoms with Crippen LogP contribution in [-0.4, -0.2) is 34.0 Å². The summed E-state index contributed by atoms with van der Waals surface area (Å²) in [6, 6.07) is 10.4. The van der Waals surface area contributed by atoms with Crippen molar-refractivity contribution in [2.45, 2.75) is 12.2 Å². The number of hydrogen-bond donors (Lipinski definition) is 2. The second kappa shape index (κ2) is 3.73. The number of rotatable bonds is 0. The van der Waals surface area contributed by atoms with Gasteiger partial charge in [0.05, 0.1) is 0 Å². The monoisotopic (exact) mass is 242 g/mol. The number of benzene rings is 2. The Bertz CT molecular complexity index is 675. The van der Waals surface area contributed by atoms with E-state index in [9.17, 15) is 19.8 Å². The lowest BCUT2D eigenvalue weighted by molar-refractivity contribution is 0.0185. The number of aliphatic hydroxyl groups excluding tert-OH is 2. The smallest absolute Gasteiger partial charge is 0.195 e. The predicted octanol–water partition coefficient (Wildman–Crippen LogP) is 0.941. The maximum atomic E-state index is 12.0. The second-order valence-electron chi connectivity index (χ2n) is 4.33. The Hall–Kier alpha value is -2.04. The highest BCUT2D eigenvalue weighted by Crippen LogP contribution is 2.29. The molecule has 0 heterocycles. The molecule has 2 aromatic carbocycles. The lowest BCUT2D eigenvalue weighted by Gasteiger charge is -2.24. The van der Waals surface area contributed by atoms with E-state index in [1.54, 1.807) is 18.2 Å². The second-order valence-corrected chi connectivity index (χ2v) is 4.33. The van der Waals surface area contributed by atoms with E-state index in [0.29, 0.717) is 5.39 Å². The molecule has 4 nitrogen and oxygen atoms in total. The van der Waals surface area contributed by atoms with Crippen LogP contribution in [0.15, 0.2) is 36.4 Å². The fourth-order valence-corrected chi connectivity index (χ4v) is 2.34. The first kappa shape index (κ1) is 11.1. The van der Waals surface area contributed by atoms with Gasteiger partial charge in [0.1, 0.15) is 0 Å². The minimum Gasteiger partial charge on any atom is -0.382 e. The fourth-order valence-electron chi connectivity index (χ4n) is 2.34. The first-order valence-corrected chi connectivity index (χ1v) is 5.57. The van der Waals surface area contributed by atoms with Crippen LogP contribution < -0.4 is 0 Å². The topological polar surface area (TPSA) is 74.6 Å². The van der Waals surface area contributed by atoms with E-state index < -0.39 is 23.8 Å². The van der Waals surface area contributed by atoms with Crippen LogP contribution in [0.3, 0.4) is 0 Å². The van der Waals surface area contributed by atoms with Gasteiger partial charge in [-0.05, 0) is 16.8 Å². The third-order valence-electron chi connectivity index (χ3n) is 3.28. The minimum absolute atomic E-state index is 0.177. The highest BCUT2D eigenvalue weighted by atomic mass is 16.3. The van der Waals surface area contributed by atoms with Crippen LogP contribution in [0.25, 0.3) is 10.8 Å². The lowest BCUT2D eigenvalue weighted by atomic mass is 9.83. The van der Waals surface area contributed by atoms with Crippen LogP contribution in [0.4, 0.5) is 0 Å². The normalized spacial score (nSPS) is 23.2. The molecule has 0 aromatic heterocycles. The first-order chi connectivity index (χ1) is 8.61. The van der Waals surface area contributed by atoms with Crippen molar-refractivity contribution in [3.8, 4) is 0 Å². The molecule has 2 atom stereocenters. The highest BCUT2D eigenvalue weighted by molar-refractivity contribution is 6.23. The Balaban J connectivity index is 2.40. The molecule has 2 N–H and O–H groups in total. The van der Waals surface area contributed by atoms with Crippen molar-refractivity contribution in [2.24, 2.45) is 0 Å². The van der Waals surface area contributed by atoms with Crippen molar-refractivity contribution in [3.63, 3.8) is 0 Å². The number of hydrogen-bond acceptors (Lipinski definition) is 4. The van der Waals surface area contributed by atoms with Crippen LogP contribution >= 0.6 is 0 Å². The van der Waals surface area contributed by atoms with Crippen molar-refractivity contribution in [2.75, 3.05) is 0 Å². The van der Waals surface area contributed by atoms with Gasteiger partial charge < -0.3 is 10.2 Å². The molecule has 2 aromatic rings. The summed E-state index contributed by atoms with van der Waals surface area (Å²) in [6.45, 7) is 0. The summed E-state index contributed by atoms with van der Waals surface area (Å²) in [5.41, 5.74) is 0.382. The van der Waals surface area contributed by atoms with Crippen molar-refractivity contribution < 1.29 is 19.8 Å². The molecule has 0 fully saturated rings. The zero-order valence-corrected chi connectivity index (χ0v) is 9.33. The Morgan fingerprint density at radius 1 is 0.833 bits per heavy atom. The molecule has 0 unspecified atom stereocenters. The summed E-state index contributed by atoms with van der Waals surface area (Å²) in [5, 5.41) is 20.6. The Kier molecular flexibility index (Phi) is 2.29. The van der Waals surface area contributed by atoms with Crippen LogP contribution in [-0.2, 0) is 0 Å². The van der Waals surface area contributed by atoms with Crippen molar-refractivity contribution in [3.05, 3.63) is 47.5 Å². The van der Waals surface area contributed by atoms with Crippen LogP contribution in [0.1, 0.15) is 20.7 Å². The van der Waals surface area contributed by atoms with Gasteiger partial charge in [-0.2, -0.15) is 0 Å². The maximum Gasteiger partial charge on any atom is 0.195 e. The summed E-state index contributed by atoms with van der Waals surface area (Å²) in [7, 11) is 0. The summed E-state index contributed by atoms with van der Waals surface area (Å²) in [6.07, 6.45) is -3.33. The Labute approximate surface area is 102 Å². The van der Waals surface area contributed by atoms with E-state index in [4.69, 9.17) is 0 Å². The molecule has 0 saturated carbocycles. The van der Waals surface area contributed by atoms with E-state index in [-0.39, 0.29) is 11.1 Å². The van der Waals surface area contributed by atoms with Crippen molar-refractivity contribution in [1.82, 2.24) is 0 Å². The third-order valence-corrected chi connectivity index (χ3v) is 3.28. The molecule has 0 aliphatic heterocycles. The first-order valence-electron chi connectivity index (χ1n) is 5.57. The van der Waals surface area contributed by atoms with Gasteiger partial charge in [0.15, 0.2) is 23.8 Å². The largest absolute Gasteiger partial charge is 0.382 e. The molecule has 1 aliphatic carbocycles. The average molecular weight is 242 g/mol. The Morgan fingerprint density at radius 2 is 1.50 bits per heavy atom. The number of carbonyl (C=O) groups is 2. The highest BCUT2D eigenvalue weighted by Gasteiger charge is 2.40. The summed E-state index contributed by atoms with van der Waals surface area (Å²) in [5.74, 6) is -1.21. The SMILES string of the molecule is O=C1c2c(ccc3ccccc23)C(=O)[C@H](O)[C@@H]1O. The van der Waals surface area contributed by atoms with E-state index >= 15 is 0 Å². The van der Waals surface area contributed by atoms with Crippen LogP contribution in [0, 0.1) is 0 Å². The molecule has 0 saturated heterocycles. The van der Waals surface area contributed by atoms with Gasteiger partial charge in [-0.25, -0.2) is 0 Å². The molecule has 0 bridgehead atoms. The molecule has 0 spiro atoms. The van der Waals surface area contributed by atoms with E-state index in [2.05, 4.69) is 0 Å². The van der Waals surface area contributed by atoms with Crippen LogP contribution in [0.5, 0.6) is 0 Å².